The van der Waals surface area contributed by atoms with Gasteiger partial charge in [-0.2, -0.15) is 0 Å². The summed E-state index contributed by atoms with van der Waals surface area (Å²) in [6.45, 7) is 10.8. The van der Waals surface area contributed by atoms with Gasteiger partial charge in [0, 0.05) is 6.04 Å². The second-order valence-corrected chi connectivity index (χ2v) is 6.91. The minimum absolute atomic E-state index is 0.0292. The van der Waals surface area contributed by atoms with E-state index in [2.05, 4.69) is 33.0 Å². The molecule has 0 aromatic rings. The molecule has 1 atom stereocenters. The molecule has 94 valence electrons. The van der Waals surface area contributed by atoms with E-state index < -0.39 is 6.04 Å². The third-order valence-electron chi connectivity index (χ3n) is 3.32. The van der Waals surface area contributed by atoms with E-state index in [4.69, 9.17) is 5.73 Å². The van der Waals surface area contributed by atoms with Gasteiger partial charge in [0.15, 0.2) is 0 Å². The van der Waals surface area contributed by atoms with Crippen LogP contribution < -0.4 is 11.1 Å². The van der Waals surface area contributed by atoms with Crippen LogP contribution in [0.4, 0.5) is 0 Å². The summed E-state index contributed by atoms with van der Waals surface area (Å²) in [5.74, 6) is -0.0292. The highest BCUT2D eigenvalue weighted by Crippen LogP contribution is 2.45. The molecule has 16 heavy (non-hydrogen) atoms. The number of amides is 1. The highest BCUT2D eigenvalue weighted by molar-refractivity contribution is 5.81. The van der Waals surface area contributed by atoms with Crippen LogP contribution >= 0.6 is 0 Å². The van der Waals surface area contributed by atoms with Crippen LogP contribution in [0, 0.1) is 10.8 Å². The quantitative estimate of drug-likeness (QED) is 0.757. The van der Waals surface area contributed by atoms with Crippen molar-refractivity contribution in [3.05, 3.63) is 0 Å². The minimum atomic E-state index is -0.409. The predicted octanol–water partition coefficient (Wildman–Crippen LogP) is 2.05. The smallest absolute Gasteiger partial charge is 0.236 e. The molecule has 1 aliphatic rings. The Kier molecular flexibility index (Phi) is 3.68. The fourth-order valence-electron chi connectivity index (χ4n) is 3.28. The summed E-state index contributed by atoms with van der Waals surface area (Å²) in [6.07, 6.45) is 3.31. The van der Waals surface area contributed by atoms with Gasteiger partial charge < -0.3 is 11.1 Å². The molecule has 0 saturated heterocycles. The van der Waals surface area contributed by atoms with Crippen molar-refractivity contribution in [1.29, 1.82) is 0 Å². The maximum absolute atomic E-state index is 11.6. The van der Waals surface area contributed by atoms with Gasteiger partial charge in [0.05, 0.1) is 6.04 Å². The predicted molar refractivity (Wildman–Crippen MR) is 67.0 cm³/mol. The van der Waals surface area contributed by atoms with Gasteiger partial charge in [-0.3, -0.25) is 4.79 Å². The van der Waals surface area contributed by atoms with Gasteiger partial charge in [0.2, 0.25) is 5.91 Å². The summed E-state index contributed by atoms with van der Waals surface area (Å²) in [6, 6.07) is -0.134. The van der Waals surface area contributed by atoms with E-state index in [1.807, 2.05) is 0 Å². The van der Waals surface area contributed by atoms with Crippen molar-refractivity contribution in [2.45, 2.75) is 66.0 Å². The molecule has 1 amide bonds. The van der Waals surface area contributed by atoms with E-state index in [1.54, 1.807) is 6.92 Å². The minimum Gasteiger partial charge on any atom is -0.352 e. The fraction of sp³-hybridized carbons (Fsp3) is 0.923. The number of hydrogen-bond donors (Lipinski definition) is 2. The van der Waals surface area contributed by atoms with Crippen LogP contribution in [0.3, 0.4) is 0 Å². The SMILES string of the molecule is C[C@H](N)C(=O)NC1CC(C)(C)CC(C)(C)C1. The summed E-state index contributed by atoms with van der Waals surface area (Å²) < 4.78 is 0. The van der Waals surface area contributed by atoms with Gasteiger partial charge >= 0.3 is 0 Å². The molecular weight excluding hydrogens is 200 g/mol. The summed E-state index contributed by atoms with van der Waals surface area (Å²) in [4.78, 5) is 11.6. The lowest BCUT2D eigenvalue weighted by atomic mass is 9.63. The summed E-state index contributed by atoms with van der Waals surface area (Å²) in [5.41, 5.74) is 6.18. The van der Waals surface area contributed by atoms with Crippen molar-refractivity contribution in [2.75, 3.05) is 0 Å². The van der Waals surface area contributed by atoms with Crippen LogP contribution in [0.15, 0.2) is 0 Å². The van der Waals surface area contributed by atoms with E-state index in [-0.39, 0.29) is 11.9 Å². The van der Waals surface area contributed by atoms with Crippen molar-refractivity contribution < 1.29 is 4.79 Å². The van der Waals surface area contributed by atoms with Gasteiger partial charge in [-0.1, -0.05) is 27.7 Å². The Hall–Kier alpha value is -0.570. The molecule has 0 bridgehead atoms. The maximum atomic E-state index is 11.6. The van der Waals surface area contributed by atoms with Crippen LogP contribution in [0.25, 0.3) is 0 Å². The van der Waals surface area contributed by atoms with Crippen molar-refractivity contribution >= 4 is 5.91 Å². The van der Waals surface area contributed by atoms with Gasteiger partial charge in [-0.15, -0.1) is 0 Å². The van der Waals surface area contributed by atoms with E-state index >= 15 is 0 Å². The van der Waals surface area contributed by atoms with Crippen molar-refractivity contribution in [3.63, 3.8) is 0 Å². The molecule has 0 radical (unpaired) electrons. The molecule has 0 spiro atoms. The van der Waals surface area contributed by atoms with E-state index in [9.17, 15) is 4.79 Å². The number of carbonyl (C=O) groups excluding carboxylic acids is 1. The molecule has 1 fully saturated rings. The van der Waals surface area contributed by atoms with Crippen molar-refractivity contribution in [3.8, 4) is 0 Å². The summed E-state index contributed by atoms with van der Waals surface area (Å²) in [7, 11) is 0. The highest BCUT2D eigenvalue weighted by atomic mass is 16.2. The molecule has 0 aliphatic heterocycles. The topological polar surface area (TPSA) is 55.1 Å². The molecule has 1 aliphatic carbocycles. The average molecular weight is 226 g/mol. The zero-order chi connectivity index (χ0) is 12.6. The van der Waals surface area contributed by atoms with Crippen LogP contribution in [-0.2, 0) is 4.79 Å². The fourth-order valence-corrected chi connectivity index (χ4v) is 3.28. The molecule has 3 nitrogen and oxygen atoms in total. The molecule has 0 aromatic heterocycles. The summed E-state index contributed by atoms with van der Waals surface area (Å²) in [5, 5.41) is 3.07. The first-order valence-electron chi connectivity index (χ1n) is 6.17. The molecule has 3 heteroatoms. The number of carbonyl (C=O) groups is 1. The Labute approximate surface area is 99.2 Å². The Morgan fingerprint density at radius 3 is 2.06 bits per heavy atom. The lowest BCUT2D eigenvalue weighted by Crippen LogP contribution is -2.49. The Bertz CT molecular complexity index is 253. The lowest BCUT2D eigenvalue weighted by Gasteiger charge is -2.45. The average Bonchev–Trinajstić information content (AvgIpc) is 1.96. The standard InChI is InChI=1S/C13H26N2O/c1-9(14)11(16)15-10-6-12(2,3)8-13(4,5)7-10/h9-10H,6-8,14H2,1-5H3,(H,15,16)/t9-/m0/s1. The Morgan fingerprint density at radius 2 is 1.69 bits per heavy atom. The number of hydrogen-bond acceptors (Lipinski definition) is 2. The zero-order valence-corrected chi connectivity index (χ0v) is 11.3. The maximum Gasteiger partial charge on any atom is 0.236 e. The van der Waals surface area contributed by atoms with Gasteiger partial charge in [-0.25, -0.2) is 0 Å². The molecule has 0 unspecified atom stereocenters. The zero-order valence-electron chi connectivity index (χ0n) is 11.3. The molecular formula is C13H26N2O. The monoisotopic (exact) mass is 226 g/mol. The third-order valence-corrected chi connectivity index (χ3v) is 3.32. The molecule has 3 N–H and O–H groups in total. The molecule has 1 saturated carbocycles. The van der Waals surface area contributed by atoms with E-state index in [0.717, 1.165) is 12.8 Å². The first-order valence-corrected chi connectivity index (χ1v) is 6.17. The first kappa shape index (κ1) is 13.5. The van der Waals surface area contributed by atoms with E-state index in [0.29, 0.717) is 10.8 Å². The number of rotatable bonds is 2. The second kappa shape index (κ2) is 4.36. The first-order chi connectivity index (χ1) is 7.11. The normalized spacial score (nSPS) is 26.1. The van der Waals surface area contributed by atoms with Crippen LogP contribution in [0.5, 0.6) is 0 Å². The van der Waals surface area contributed by atoms with Gasteiger partial charge in [-0.05, 0) is 37.0 Å². The second-order valence-electron chi connectivity index (χ2n) is 6.91. The van der Waals surface area contributed by atoms with Crippen LogP contribution in [-0.4, -0.2) is 18.0 Å². The molecule has 0 heterocycles. The Morgan fingerprint density at radius 1 is 1.25 bits per heavy atom. The third kappa shape index (κ3) is 3.78. The largest absolute Gasteiger partial charge is 0.352 e. The Balaban J connectivity index is 2.64. The molecule has 1 rings (SSSR count). The van der Waals surface area contributed by atoms with E-state index in [1.165, 1.54) is 6.42 Å². The van der Waals surface area contributed by atoms with Gasteiger partial charge in [0.25, 0.3) is 0 Å². The van der Waals surface area contributed by atoms with Crippen molar-refractivity contribution in [1.82, 2.24) is 5.32 Å². The lowest BCUT2D eigenvalue weighted by molar-refractivity contribution is -0.123. The highest BCUT2D eigenvalue weighted by Gasteiger charge is 2.38. The summed E-state index contributed by atoms with van der Waals surface area (Å²) >= 11 is 0. The number of nitrogens with one attached hydrogen (secondary N) is 1. The van der Waals surface area contributed by atoms with Gasteiger partial charge in [0.1, 0.15) is 0 Å². The van der Waals surface area contributed by atoms with Crippen LogP contribution in [0.2, 0.25) is 0 Å². The van der Waals surface area contributed by atoms with Crippen molar-refractivity contribution in [2.24, 2.45) is 16.6 Å². The van der Waals surface area contributed by atoms with Crippen LogP contribution in [0.1, 0.15) is 53.9 Å². The molecule has 0 aromatic carbocycles. The number of nitrogens with two attached hydrogens (primary N) is 1.